The van der Waals surface area contributed by atoms with Crippen molar-refractivity contribution in [2.24, 2.45) is 11.3 Å². The number of ether oxygens (including phenoxy) is 2. The van der Waals surface area contributed by atoms with Crippen molar-refractivity contribution in [3.05, 3.63) is 0 Å². The Bertz CT molecular complexity index is 344. The van der Waals surface area contributed by atoms with Crippen molar-refractivity contribution in [1.29, 1.82) is 0 Å². The van der Waals surface area contributed by atoms with E-state index < -0.39 is 12.1 Å². The lowest BCUT2D eigenvalue weighted by atomic mass is 9.76. The van der Waals surface area contributed by atoms with Crippen LogP contribution in [-0.4, -0.2) is 49.5 Å². The van der Waals surface area contributed by atoms with E-state index in [2.05, 4.69) is 26.1 Å². The number of carboxylic acid groups (broad SMARTS) is 1. The Kier molecular flexibility index (Phi) is 7.11. The minimum atomic E-state index is -0.777. The van der Waals surface area contributed by atoms with Crippen LogP contribution in [0.15, 0.2) is 0 Å². The van der Waals surface area contributed by atoms with E-state index in [1.54, 1.807) is 0 Å². The molecule has 0 bridgehead atoms. The molecule has 0 aliphatic carbocycles. The third-order valence-electron chi connectivity index (χ3n) is 3.83. The zero-order valence-corrected chi connectivity index (χ0v) is 13.2. The van der Waals surface area contributed by atoms with Crippen LogP contribution in [0.2, 0.25) is 0 Å². The fraction of sp³-hybridized carbons (Fsp3) is 0.867. The average Bonchev–Trinajstić information content (AvgIpc) is 2.41. The first-order chi connectivity index (χ1) is 9.80. The summed E-state index contributed by atoms with van der Waals surface area (Å²) in [4.78, 5) is 22.6. The number of hydrogen-bond donors (Lipinski definition) is 2. The second-order valence-electron chi connectivity index (χ2n) is 6.51. The quantitative estimate of drug-likeness (QED) is 0.743. The molecule has 1 amide bonds. The second kappa shape index (κ2) is 8.34. The van der Waals surface area contributed by atoms with Gasteiger partial charge in [0.25, 0.3) is 5.91 Å². The van der Waals surface area contributed by atoms with E-state index in [0.29, 0.717) is 32.8 Å². The molecule has 1 rings (SSSR count). The van der Waals surface area contributed by atoms with Crippen LogP contribution in [0.3, 0.4) is 0 Å². The number of aliphatic carboxylic acids is 1. The summed E-state index contributed by atoms with van der Waals surface area (Å²) < 4.78 is 10.5. The van der Waals surface area contributed by atoms with Gasteiger partial charge in [-0.15, -0.1) is 0 Å². The summed E-state index contributed by atoms with van der Waals surface area (Å²) in [6.45, 7) is 8.10. The summed E-state index contributed by atoms with van der Waals surface area (Å²) in [5.74, 6) is -0.681. The molecule has 6 nitrogen and oxygen atoms in total. The Balaban J connectivity index is 2.34. The van der Waals surface area contributed by atoms with Gasteiger partial charge in [-0.25, -0.2) is 0 Å². The topological polar surface area (TPSA) is 84.9 Å². The summed E-state index contributed by atoms with van der Waals surface area (Å²) in [6.07, 6.45) is 1.02. The molecule has 122 valence electrons. The van der Waals surface area contributed by atoms with Gasteiger partial charge in [-0.2, -0.15) is 0 Å². The van der Waals surface area contributed by atoms with Gasteiger partial charge in [0.2, 0.25) is 0 Å². The molecule has 0 aromatic carbocycles. The molecule has 1 aliphatic rings. The van der Waals surface area contributed by atoms with E-state index >= 15 is 0 Å². The minimum absolute atomic E-state index is 0.0185. The number of rotatable bonds is 7. The van der Waals surface area contributed by atoms with Crippen molar-refractivity contribution < 1.29 is 24.2 Å². The predicted molar refractivity (Wildman–Crippen MR) is 78.0 cm³/mol. The molecule has 2 N–H and O–H groups in total. The predicted octanol–water partition coefficient (Wildman–Crippen LogP) is 1.44. The van der Waals surface area contributed by atoms with Crippen LogP contribution < -0.4 is 5.32 Å². The second-order valence-corrected chi connectivity index (χ2v) is 6.51. The maximum atomic E-state index is 11.9. The average molecular weight is 301 g/mol. The van der Waals surface area contributed by atoms with E-state index in [1.807, 2.05) is 0 Å². The SMILES string of the molecule is CC(C)(C)C(CCNC(=O)C1COCCO1)CCC(=O)O. The van der Waals surface area contributed by atoms with Crippen LogP contribution >= 0.6 is 0 Å². The van der Waals surface area contributed by atoms with Crippen LogP contribution in [0.4, 0.5) is 0 Å². The number of carbonyl (C=O) groups excluding carboxylic acids is 1. The van der Waals surface area contributed by atoms with Crippen LogP contribution in [0.5, 0.6) is 0 Å². The molecule has 1 saturated heterocycles. The lowest BCUT2D eigenvalue weighted by Crippen LogP contribution is -2.43. The van der Waals surface area contributed by atoms with E-state index in [1.165, 1.54) is 0 Å². The number of carbonyl (C=O) groups is 2. The molecular weight excluding hydrogens is 274 g/mol. The first-order valence-electron chi connectivity index (χ1n) is 7.49. The molecule has 21 heavy (non-hydrogen) atoms. The third kappa shape index (κ3) is 6.91. The Morgan fingerprint density at radius 3 is 2.52 bits per heavy atom. The summed E-state index contributed by atoms with van der Waals surface area (Å²) >= 11 is 0. The van der Waals surface area contributed by atoms with E-state index in [9.17, 15) is 9.59 Å². The monoisotopic (exact) mass is 301 g/mol. The van der Waals surface area contributed by atoms with Gasteiger partial charge in [-0.05, 0) is 24.2 Å². The van der Waals surface area contributed by atoms with Crippen LogP contribution in [0.25, 0.3) is 0 Å². The van der Waals surface area contributed by atoms with Crippen molar-refractivity contribution in [1.82, 2.24) is 5.32 Å². The molecule has 0 spiro atoms. The highest BCUT2D eigenvalue weighted by Gasteiger charge is 2.26. The van der Waals surface area contributed by atoms with Crippen LogP contribution in [0, 0.1) is 11.3 Å². The maximum absolute atomic E-state index is 11.9. The van der Waals surface area contributed by atoms with Crippen molar-refractivity contribution in [2.45, 2.75) is 46.1 Å². The number of nitrogens with one attached hydrogen (secondary N) is 1. The zero-order chi connectivity index (χ0) is 15.9. The first-order valence-corrected chi connectivity index (χ1v) is 7.49. The molecule has 0 radical (unpaired) electrons. The minimum Gasteiger partial charge on any atom is -0.481 e. The lowest BCUT2D eigenvalue weighted by molar-refractivity contribution is -0.147. The Labute approximate surface area is 126 Å². The molecule has 0 aromatic heterocycles. The van der Waals surface area contributed by atoms with Crippen LogP contribution in [0.1, 0.15) is 40.0 Å². The Hall–Kier alpha value is -1.14. The van der Waals surface area contributed by atoms with Gasteiger partial charge in [0, 0.05) is 13.0 Å². The molecule has 2 unspecified atom stereocenters. The highest BCUT2D eigenvalue weighted by molar-refractivity contribution is 5.80. The molecule has 1 heterocycles. The van der Waals surface area contributed by atoms with Crippen LogP contribution in [-0.2, 0) is 19.1 Å². The van der Waals surface area contributed by atoms with Crippen molar-refractivity contribution >= 4 is 11.9 Å². The molecule has 1 aliphatic heterocycles. The van der Waals surface area contributed by atoms with Crippen molar-refractivity contribution in [2.75, 3.05) is 26.4 Å². The van der Waals surface area contributed by atoms with E-state index in [4.69, 9.17) is 14.6 Å². The molecule has 0 aromatic rings. The summed E-state index contributed by atoms with van der Waals surface area (Å²) in [6, 6.07) is 0. The Morgan fingerprint density at radius 2 is 2.00 bits per heavy atom. The van der Waals surface area contributed by atoms with Gasteiger partial charge in [-0.3, -0.25) is 9.59 Å². The van der Waals surface area contributed by atoms with Gasteiger partial charge < -0.3 is 19.9 Å². The standard InChI is InChI=1S/C15H27NO5/c1-15(2,3)11(4-5-13(17)18)6-7-16-14(19)12-10-20-8-9-21-12/h11-12H,4-10H2,1-3H3,(H,16,19)(H,17,18). The molecule has 2 atom stereocenters. The van der Waals surface area contributed by atoms with Gasteiger partial charge in [0.15, 0.2) is 6.10 Å². The van der Waals surface area contributed by atoms with Gasteiger partial charge in [0.1, 0.15) is 0 Å². The molecule has 1 fully saturated rings. The number of hydrogen-bond acceptors (Lipinski definition) is 4. The van der Waals surface area contributed by atoms with E-state index in [-0.39, 0.29) is 23.7 Å². The fourth-order valence-corrected chi connectivity index (χ4v) is 2.43. The number of amides is 1. The molecular formula is C15H27NO5. The summed E-state index contributed by atoms with van der Waals surface area (Å²) in [5.41, 5.74) is 0.0185. The highest BCUT2D eigenvalue weighted by atomic mass is 16.6. The maximum Gasteiger partial charge on any atom is 0.303 e. The first kappa shape index (κ1) is 17.9. The molecule has 0 saturated carbocycles. The highest BCUT2D eigenvalue weighted by Crippen LogP contribution is 2.32. The van der Waals surface area contributed by atoms with Crippen molar-refractivity contribution in [3.63, 3.8) is 0 Å². The van der Waals surface area contributed by atoms with E-state index in [0.717, 1.165) is 6.42 Å². The van der Waals surface area contributed by atoms with Gasteiger partial charge in [0.05, 0.1) is 19.8 Å². The fourth-order valence-electron chi connectivity index (χ4n) is 2.43. The van der Waals surface area contributed by atoms with Crippen molar-refractivity contribution in [3.8, 4) is 0 Å². The van der Waals surface area contributed by atoms with Gasteiger partial charge in [-0.1, -0.05) is 20.8 Å². The summed E-state index contributed by atoms with van der Waals surface area (Å²) in [7, 11) is 0. The molecule has 6 heteroatoms. The lowest BCUT2D eigenvalue weighted by Gasteiger charge is -2.31. The largest absolute Gasteiger partial charge is 0.481 e. The van der Waals surface area contributed by atoms with Gasteiger partial charge >= 0.3 is 5.97 Å². The Morgan fingerprint density at radius 1 is 1.29 bits per heavy atom. The zero-order valence-electron chi connectivity index (χ0n) is 13.2. The summed E-state index contributed by atoms with van der Waals surface area (Å²) in [5, 5.41) is 11.7. The normalized spacial score (nSPS) is 20.8. The number of carboxylic acids is 1. The smallest absolute Gasteiger partial charge is 0.303 e. The third-order valence-corrected chi connectivity index (χ3v) is 3.83.